The molecule has 0 saturated heterocycles. The molecule has 3 N–H and O–H groups in total. The Labute approximate surface area is 177 Å². The van der Waals surface area contributed by atoms with Gasteiger partial charge in [0.1, 0.15) is 10.7 Å². The summed E-state index contributed by atoms with van der Waals surface area (Å²) in [6, 6.07) is 3.94. The predicted octanol–water partition coefficient (Wildman–Crippen LogP) is 2.80. The van der Waals surface area contributed by atoms with Gasteiger partial charge in [-0.2, -0.15) is 18.3 Å². The summed E-state index contributed by atoms with van der Waals surface area (Å²) in [6.45, 7) is 1.14. The summed E-state index contributed by atoms with van der Waals surface area (Å²) in [5.74, 6) is -0.642. The Morgan fingerprint density at radius 3 is 2.47 bits per heavy atom. The van der Waals surface area contributed by atoms with E-state index in [1.165, 1.54) is 39.2 Å². The van der Waals surface area contributed by atoms with Gasteiger partial charge in [-0.1, -0.05) is 17.7 Å². The van der Waals surface area contributed by atoms with E-state index < -0.39 is 34.3 Å². The lowest BCUT2D eigenvalue weighted by molar-refractivity contribution is -0.353. The number of aromatic nitrogens is 2. The lowest BCUT2D eigenvalue weighted by atomic mass is 10.0. The van der Waals surface area contributed by atoms with Crippen molar-refractivity contribution in [2.75, 3.05) is 20.6 Å². The van der Waals surface area contributed by atoms with Gasteiger partial charge < -0.3 is 5.73 Å². The summed E-state index contributed by atoms with van der Waals surface area (Å²) in [5, 5.41) is 3.45. The van der Waals surface area contributed by atoms with Crippen molar-refractivity contribution >= 4 is 21.6 Å². The molecule has 0 amide bonds. The molecule has 0 saturated carbocycles. The molecule has 0 aliphatic carbocycles. The minimum Gasteiger partial charge on any atom is -0.354 e. The molecular weight excluding hydrogens is 448 g/mol. The number of benzene rings is 1. The van der Waals surface area contributed by atoms with Crippen LogP contribution in [0.5, 0.6) is 0 Å². The van der Waals surface area contributed by atoms with Gasteiger partial charge in [-0.3, -0.25) is 4.68 Å². The predicted molar refractivity (Wildman–Crippen MR) is 104 cm³/mol. The van der Waals surface area contributed by atoms with Crippen molar-refractivity contribution in [3.8, 4) is 0 Å². The molecule has 0 fully saturated rings. The zero-order valence-corrected chi connectivity index (χ0v) is 18.2. The van der Waals surface area contributed by atoms with Crippen LogP contribution < -0.4 is 5.73 Å². The van der Waals surface area contributed by atoms with Crippen molar-refractivity contribution in [1.29, 1.82) is 0 Å². The largest absolute Gasteiger partial charge is 0.435 e. The van der Waals surface area contributed by atoms with Gasteiger partial charge in [0, 0.05) is 37.8 Å². The molecule has 1 aromatic heterocycles. The SMILES string of the molecule is Cc1c(Cc2ccc(S(=O)(=O)N(C)C)c(Cl)c2)c(C(F)(F)F)nn1CC(F)=CC[NH3+]. The van der Waals surface area contributed by atoms with E-state index in [4.69, 9.17) is 11.6 Å². The zero-order valence-electron chi connectivity index (χ0n) is 16.6. The van der Waals surface area contributed by atoms with Crippen molar-refractivity contribution in [3.05, 3.63) is 57.6 Å². The molecule has 30 heavy (non-hydrogen) atoms. The average molecular weight is 470 g/mol. The highest BCUT2D eigenvalue weighted by molar-refractivity contribution is 7.89. The summed E-state index contributed by atoms with van der Waals surface area (Å²) in [7, 11) is -1.11. The normalized spacial score (nSPS) is 13.3. The zero-order chi connectivity index (χ0) is 22.9. The smallest absolute Gasteiger partial charge is 0.354 e. The Hall–Kier alpha value is -1.95. The van der Waals surface area contributed by atoms with E-state index in [9.17, 15) is 26.0 Å². The average Bonchev–Trinajstić information content (AvgIpc) is 2.91. The van der Waals surface area contributed by atoms with Gasteiger partial charge in [-0.15, -0.1) is 0 Å². The maximum absolute atomic E-state index is 13.8. The molecule has 1 heterocycles. The van der Waals surface area contributed by atoms with Crippen molar-refractivity contribution < 1.29 is 31.7 Å². The van der Waals surface area contributed by atoms with Gasteiger partial charge in [-0.05, 0) is 24.6 Å². The van der Waals surface area contributed by atoms with Crippen LogP contribution >= 0.6 is 11.6 Å². The molecule has 0 atom stereocenters. The second kappa shape index (κ2) is 9.04. The molecule has 0 unspecified atom stereocenters. The van der Waals surface area contributed by atoms with Crippen LogP contribution in [0.2, 0.25) is 5.02 Å². The van der Waals surface area contributed by atoms with Gasteiger partial charge >= 0.3 is 6.18 Å². The van der Waals surface area contributed by atoms with Crippen LogP contribution in [0, 0.1) is 6.92 Å². The minimum absolute atomic E-state index is 0.107. The Morgan fingerprint density at radius 2 is 1.97 bits per heavy atom. The second-order valence-corrected chi connectivity index (χ2v) is 9.26. The molecular formula is C18H22ClF4N4O2S+. The molecule has 12 heteroatoms. The van der Waals surface area contributed by atoms with Crippen LogP contribution in [0.1, 0.15) is 22.5 Å². The Balaban J connectivity index is 2.48. The van der Waals surface area contributed by atoms with Crippen LogP contribution in [-0.4, -0.2) is 43.1 Å². The summed E-state index contributed by atoms with van der Waals surface area (Å²) in [6.07, 6.45) is -3.78. The number of sulfonamides is 1. The Kier molecular flexibility index (Phi) is 7.33. The van der Waals surface area contributed by atoms with Crippen molar-refractivity contribution in [2.45, 2.75) is 31.0 Å². The van der Waals surface area contributed by atoms with Crippen molar-refractivity contribution in [1.82, 2.24) is 14.1 Å². The fourth-order valence-electron chi connectivity index (χ4n) is 2.81. The standard InChI is InChI=1S/C18H21ClF4N4O2S/c1-11-14(17(18(21,22)23)25-27(11)10-13(20)6-7-24)8-12-4-5-16(15(19)9-12)30(28,29)26(2)3/h4-6,9H,7-8,10,24H2,1-3H3/p+1. The van der Waals surface area contributed by atoms with E-state index in [-0.39, 0.29) is 34.1 Å². The first-order chi connectivity index (χ1) is 13.8. The molecule has 0 aliphatic heterocycles. The van der Waals surface area contributed by atoms with E-state index >= 15 is 0 Å². The summed E-state index contributed by atoms with van der Waals surface area (Å²) < 4.78 is 80.8. The molecule has 0 radical (unpaired) electrons. The van der Waals surface area contributed by atoms with Crippen LogP contribution in [0.15, 0.2) is 35.0 Å². The fraction of sp³-hybridized carbons (Fsp3) is 0.389. The topological polar surface area (TPSA) is 82.8 Å². The number of hydrogen-bond donors (Lipinski definition) is 1. The summed E-state index contributed by atoms with van der Waals surface area (Å²) in [4.78, 5) is -0.151. The molecule has 2 aromatic rings. The van der Waals surface area contributed by atoms with Crippen molar-refractivity contribution in [3.63, 3.8) is 0 Å². The van der Waals surface area contributed by atoms with Gasteiger partial charge in [0.25, 0.3) is 0 Å². The lowest BCUT2D eigenvalue weighted by Crippen LogP contribution is -2.49. The number of hydrogen-bond acceptors (Lipinski definition) is 3. The Morgan fingerprint density at radius 1 is 1.33 bits per heavy atom. The molecule has 0 spiro atoms. The third-order valence-corrected chi connectivity index (χ3v) is 6.70. The van der Waals surface area contributed by atoms with Gasteiger partial charge in [-0.25, -0.2) is 17.1 Å². The number of alkyl halides is 3. The summed E-state index contributed by atoms with van der Waals surface area (Å²) in [5.41, 5.74) is 2.72. The second-order valence-electron chi connectivity index (χ2n) is 6.74. The first-order valence-corrected chi connectivity index (χ1v) is 10.6. The number of rotatable bonds is 7. The number of nitrogens with zero attached hydrogens (tertiary/aromatic N) is 3. The number of quaternary nitrogens is 1. The fourth-order valence-corrected chi connectivity index (χ4v) is 4.24. The molecule has 0 aliphatic rings. The monoisotopic (exact) mass is 469 g/mol. The highest BCUT2D eigenvalue weighted by atomic mass is 35.5. The van der Waals surface area contributed by atoms with Crippen molar-refractivity contribution in [2.24, 2.45) is 0 Å². The minimum atomic E-state index is -4.74. The molecule has 1 aromatic carbocycles. The maximum Gasteiger partial charge on any atom is 0.435 e. The van der Waals surface area contributed by atoms with Crippen LogP contribution in [0.3, 0.4) is 0 Å². The van der Waals surface area contributed by atoms with Crippen LogP contribution in [-0.2, 0) is 29.2 Å². The molecule has 6 nitrogen and oxygen atoms in total. The highest BCUT2D eigenvalue weighted by Gasteiger charge is 2.38. The summed E-state index contributed by atoms with van der Waals surface area (Å²) >= 11 is 6.09. The maximum atomic E-state index is 13.8. The van der Waals surface area contributed by atoms with E-state index in [1.807, 2.05) is 0 Å². The third kappa shape index (κ3) is 5.20. The first-order valence-electron chi connectivity index (χ1n) is 8.77. The third-order valence-electron chi connectivity index (χ3n) is 4.40. The molecule has 2 rings (SSSR count). The number of allylic oxidation sites excluding steroid dienone is 1. The van der Waals surface area contributed by atoms with Gasteiger partial charge in [0.05, 0.1) is 18.1 Å². The highest BCUT2D eigenvalue weighted by Crippen LogP contribution is 2.35. The lowest BCUT2D eigenvalue weighted by Gasteiger charge is -2.14. The van der Waals surface area contributed by atoms with Gasteiger partial charge in [0.2, 0.25) is 10.0 Å². The molecule has 166 valence electrons. The van der Waals surface area contributed by atoms with Gasteiger partial charge in [0.15, 0.2) is 5.69 Å². The Bertz CT molecular complexity index is 1060. The molecule has 0 bridgehead atoms. The van der Waals surface area contributed by atoms with E-state index in [0.29, 0.717) is 5.56 Å². The van der Waals surface area contributed by atoms with E-state index in [2.05, 4.69) is 10.8 Å². The first kappa shape index (κ1) is 24.3. The quantitative estimate of drug-likeness (QED) is 0.633. The van der Waals surface area contributed by atoms with Crippen LogP contribution in [0.4, 0.5) is 17.6 Å². The van der Waals surface area contributed by atoms with Crippen LogP contribution in [0.25, 0.3) is 0 Å². The van der Waals surface area contributed by atoms with E-state index in [0.717, 1.165) is 15.1 Å². The van der Waals surface area contributed by atoms with E-state index in [1.54, 1.807) is 0 Å². The number of halogens is 5.